The molecular weight excluding hydrogens is 343 g/mol. The van der Waals surface area contributed by atoms with Crippen LogP contribution in [0.25, 0.3) is 0 Å². The number of likely N-dealkylation sites (tertiary alicyclic amines) is 1. The number of hydrogen-bond acceptors (Lipinski definition) is 4. The minimum absolute atomic E-state index is 0.0636. The Kier molecular flexibility index (Phi) is 4.60. The predicted molar refractivity (Wildman–Crippen MR) is 93.0 cm³/mol. The van der Waals surface area contributed by atoms with Crippen molar-refractivity contribution in [1.29, 1.82) is 0 Å². The zero-order valence-electron chi connectivity index (χ0n) is 14.3. The highest BCUT2D eigenvalue weighted by atomic mass is 32.2. The van der Waals surface area contributed by atoms with Crippen molar-refractivity contribution >= 4 is 10.0 Å². The Labute approximate surface area is 148 Å². The Hall–Kier alpha value is -1.02. The summed E-state index contributed by atoms with van der Waals surface area (Å²) in [5, 5.41) is -0.157. The summed E-state index contributed by atoms with van der Waals surface area (Å²) >= 11 is 0. The lowest BCUT2D eigenvalue weighted by Crippen LogP contribution is -2.64. The number of halogens is 1. The van der Waals surface area contributed by atoms with E-state index in [1.807, 2.05) is 12.1 Å². The molecule has 5 nitrogen and oxygen atoms in total. The van der Waals surface area contributed by atoms with E-state index in [9.17, 15) is 12.8 Å². The van der Waals surface area contributed by atoms with Gasteiger partial charge in [-0.25, -0.2) is 17.5 Å². The molecule has 2 aliphatic heterocycles. The summed E-state index contributed by atoms with van der Waals surface area (Å²) in [5.74, 6) is 0.0630. The maximum Gasteiger partial charge on any atom is 0.214 e. The van der Waals surface area contributed by atoms with Gasteiger partial charge in [0.2, 0.25) is 10.0 Å². The van der Waals surface area contributed by atoms with Crippen LogP contribution in [0.4, 0.5) is 4.39 Å². The van der Waals surface area contributed by atoms with Crippen LogP contribution in [-0.2, 0) is 21.3 Å². The van der Waals surface area contributed by atoms with E-state index in [4.69, 9.17) is 4.74 Å². The van der Waals surface area contributed by atoms with Gasteiger partial charge in [0, 0.05) is 26.2 Å². The second-order valence-electron chi connectivity index (χ2n) is 7.76. The van der Waals surface area contributed by atoms with E-state index in [0.29, 0.717) is 13.2 Å². The normalized spacial score (nSPS) is 26.5. The van der Waals surface area contributed by atoms with Crippen molar-refractivity contribution in [1.82, 2.24) is 9.62 Å². The molecule has 1 spiro atoms. The molecule has 25 heavy (non-hydrogen) atoms. The lowest BCUT2D eigenvalue weighted by molar-refractivity contribution is -0.181. The maximum atomic E-state index is 13.0. The predicted octanol–water partition coefficient (Wildman–Crippen LogP) is 1.89. The van der Waals surface area contributed by atoms with Gasteiger partial charge < -0.3 is 4.74 Å². The van der Waals surface area contributed by atoms with E-state index < -0.39 is 10.0 Å². The van der Waals surface area contributed by atoms with E-state index in [2.05, 4.69) is 9.62 Å². The zero-order valence-corrected chi connectivity index (χ0v) is 15.1. The van der Waals surface area contributed by atoms with Crippen LogP contribution in [0.2, 0.25) is 0 Å². The third kappa shape index (κ3) is 4.05. The monoisotopic (exact) mass is 368 g/mol. The molecule has 0 bridgehead atoms. The molecule has 1 aromatic rings. The SMILES string of the molecule is O=S(=O)(NC[C@H]1CCC2(CN(Cc3ccc(F)cc3)C2)OC1)C1CC1. The molecule has 7 heteroatoms. The van der Waals surface area contributed by atoms with Gasteiger partial charge in [-0.1, -0.05) is 12.1 Å². The van der Waals surface area contributed by atoms with Crippen molar-refractivity contribution in [2.75, 3.05) is 26.2 Å². The minimum Gasteiger partial charge on any atom is -0.372 e. The van der Waals surface area contributed by atoms with Crippen molar-refractivity contribution in [2.24, 2.45) is 5.92 Å². The third-order valence-electron chi connectivity index (χ3n) is 5.51. The summed E-state index contributed by atoms with van der Waals surface area (Å²) in [7, 11) is -3.09. The quantitative estimate of drug-likeness (QED) is 0.833. The number of sulfonamides is 1. The molecule has 0 aromatic heterocycles. The Morgan fingerprint density at radius 3 is 2.52 bits per heavy atom. The number of benzene rings is 1. The van der Waals surface area contributed by atoms with Crippen molar-refractivity contribution < 1.29 is 17.5 Å². The second-order valence-corrected chi connectivity index (χ2v) is 9.81. The van der Waals surface area contributed by atoms with Crippen LogP contribution in [0.5, 0.6) is 0 Å². The summed E-state index contributed by atoms with van der Waals surface area (Å²) < 4.78 is 45.6. The number of nitrogens with zero attached hydrogens (tertiary/aromatic N) is 1. The molecule has 0 unspecified atom stereocenters. The number of hydrogen-bond donors (Lipinski definition) is 1. The number of nitrogens with one attached hydrogen (secondary N) is 1. The summed E-state index contributed by atoms with van der Waals surface area (Å²) in [4.78, 5) is 2.31. The van der Waals surface area contributed by atoms with Crippen molar-refractivity contribution in [3.63, 3.8) is 0 Å². The van der Waals surface area contributed by atoms with Gasteiger partial charge in [-0.05, 0) is 49.3 Å². The first kappa shape index (κ1) is 17.4. The first-order valence-electron chi connectivity index (χ1n) is 9.03. The molecule has 2 heterocycles. The molecule has 0 amide bonds. The minimum atomic E-state index is -3.09. The van der Waals surface area contributed by atoms with Gasteiger partial charge in [0.15, 0.2) is 0 Å². The average Bonchev–Trinajstić information content (AvgIpc) is 3.40. The number of rotatable bonds is 6. The fourth-order valence-electron chi connectivity index (χ4n) is 3.79. The fourth-order valence-corrected chi connectivity index (χ4v) is 5.25. The van der Waals surface area contributed by atoms with Crippen LogP contribution in [0.1, 0.15) is 31.2 Å². The van der Waals surface area contributed by atoms with E-state index in [1.54, 1.807) is 0 Å². The molecule has 3 aliphatic rings. The standard InChI is InChI=1S/C18H25FN2O3S/c19-16-3-1-14(2-4-16)10-21-12-18(13-21)8-7-15(11-24-18)9-20-25(22,23)17-5-6-17/h1-4,15,17,20H,5-13H2/t15-/m1/s1. The van der Waals surface area contributed by atoms with Crippen LogP contribution in [0, 0.1) is 11.7 Å². The van der Waals surface area contributed by atoms with E-state index in [-0.39, 0.29) is 22.6 Å². The van der Waals surface area contributed by atoms with Crippen LogP contribution < -0.4 is 4.72 Å². The molecule has 1 atom stereocenters. The number of ether oxygens (including phenoxy) is 1. The first-order valence-corrected chi connectivity index (χ1v) is 10.6. The highest BCUT2D eigenvalue weighted by molar-refractivity contribution is 7.90. The summed E-state index contributed by atoms with van der Waals surface area (Å²) in [6.45, 7) is 3.72. The Morgan fingerprint density at radius 1 is 1.20 bits per heavy atom. The molecule has 3 fully saturated rings. The van der Waals surface area contributed by atoms with Crippen LogP contribution in [0.15, 0.2) is 24.3 Å². The van der Waals surface area contributed by atoms with Crippen LogP contribution >= 0.6 is 0 Å². The molecule has 0 radical (unpaired) electrons. The summed E-state index contributed by atoms with van der Waals surface area (Å²) in [5.41, 5.74) is 1.05. The molecular formula is C18H25FN2O3S. The van der Waals surface area contributed by atoms with Gasteiger partial charge in [0.25, 0.3) is 0 Å². The molecule has 2 saturated heterocycles. The van der Waals surface area contributed by atoms with Gasteiger partial charge in [-0.15, -0.1) is 0 Å². The Bertz CT molecular complexity index is 702. The second kappa shape index (κ2) is 6.61. The Balaban J connectivity index is 1.20. The highest BCUT2D eigenvalue weighted by Gasteiger charge is 2.46. The molecule has 1 aromatic carbocycles. The van der Waals surface area contributed by atoms with Gasteiger partial charge in [0.05, 0.1) is 17.5 Å². The van der Waals surface area contributed by atoms with E-state index in [1.165, 1.54) is 12.1 Å². The molecule has 1 saturated carbocycles. The smallest absolute Gasteiger partial charge is 0.214 e. The van der Waals surface area contributed by atoms with Gasteiger partial charge >= 0.3 is 0 Å². The van der Waals surface area contributed by atoms with Crippen molar-refractivity contribution in [2.45, 2.75) is 43.1 Å². The van der Waals surface area contributed by atoms with Gasteiger partial charge in [-0.3, -0.25) is 4.90 Å². The zero-order chi connectivity index (χ0) is 17.5. The average molecular weight is 368 g/mol. The van der Waals surface area contributed by atoms with Crippen LogP contribution in [-0.4, -0.2) is 50.4 Å². The lowest BCUT2D eigenvalue weighted by Gasteiger charge is -2.53. The van der Waals surface area contributed by atoms with E-state index in [0.717, 1.165) is 50.9 Å². The first-order chi connectivity index (χ1) is 11.9. The van der Waals surface area contributed by atoms with Crippen molar-refractivity contribution in [3.05, 3.63) is 35.6 Å². The third-order valence-corrected chi connectivity index (χ3v) is 7.43. The summed E-state index contributed by atoms with van der Waals surface area (Å²) in [6.07, 6.45) is 3.56. The fraction of sp³-hybridized carbons (Fsp3) is 0.667. The molecule has 138 valence electrons. The van der Waals surface area contributed by atoms with E-state index >= 15 is 0 Å². The molecule has 1 N–H and O–H groups in total. The lowest BCUT2D eigenvalue weighted by atomic mass is 9.83. The summed E-state index contributed by atoms with van der Waals surface area (Å²) in [6, 6.07) is 6.64. The molecule has 4 rings (SSSR count). The van der Waals surface area contributed by atoms with Gasteiger partial charge in [-0.2, -0.15) is 0 Å². The van der Waals surface area contributed by atoms with Crippen molar-refractivity contribution in [3.8, 4) is 0 Å². The molecule has 1 aliphatic carbocycles. The Morgan fingerprint density at radius 2 is 1.92 bits per heavy atom. The van der Waals surface area contributed by atoms with Gasteiger partial charge in [0.1, 0.15) is 5.82 Å². The highest BCUT2D eigenvalue weighted by Crippen LogP contribution is 2.36. The largest absolute Gasteiger partial charge is 0.372 e. The maximum absolute atomic E-state index is 13.0. The topological polar surface area (TPSA) is 58.6 Å². The van der Waals surface area contributed by atoms with Crippen LogP contribution in [0.3, 0.4) is 0 Å².